The standard InChI is InChI=1S/C13H25N3O4S/c14-13(15-17)12(10-4-2-1-3-5-10)16-21(18,19)11-6-8-20-9-7-11/h10-12,16-17H,1-9H2,(H2,14,15). The molecule has 1 atom stereocenters. The fraction of sp³-hybridized carbons (Fsp3) is 0.923. The fourth-order valence-corrected chi connectivity index (χ4v) is 4.86. The first-order chi connectivity index (χ1) is 10.0. The summed E-state index contributed by atoms with van der Waals surface area (Å²) in [6.07, 6.45) is 6.05. The van der Waals surface area contributed by atoms with E-state index in [1.807, 2.05) is 0 Å². The molecular weight excluding hydrogens is 294 g/mol. The van der Waals surface area contributed by atoms with E-state index in [9.17, 15) is 8.42 Å². The van der Waals surface area contributed by atoms with Crippen molar-refractivity contribution in [3.63, 3.8) is 0 Å². The highest BCUT2D eigenvalue weighted by Crippen LogP contribution is 2.27. The van der Waals surface area contributed by atoms with E-state index in [0.29, 0.717) is 26.1 Å². The second kappa shape index (κ2) is 7.42. The average molecular weight is 319 g/mol. The Labute approximate surface area is 126 Å². The van der Waals surface area contributed by atoms with Crippen molar-refractivity contribution in [3.8, 4) is 0 Å². The van der Waals surface area contributed by atoms with Crippen molar-refractivity contribution in [1.29, 1.82) is 0 Å². The Morgan fingerprint density at radius 2 is 1.81 bits per heavy atom. The van der Waals surface area contributed by atoms with Crippen LogP contribution >= 0.6 is 0 Å². The monoisotopic (exact) mass is 319 g/mol. The smallest absolute Gasteiger partial charge is 0.215 e. The number of nitrogens with two attached hydrogens (primary N) is 1. The second-order valence-electron chi connectivity index (χ2n) is 5.88. The Morgan fingerprint density at radius 1 is 1.19 bits per heavy atom. The molecule has 2 fully saturated rings. The molecule has 0 aromatic rings. The molecule has 1 saturated heterocycles. The first-order valence-corrected chi connectivity index (χ1v) is 9.15. The van der Waals surface area contributed by atoms with Crippen molar-refractivity contribution in [2.24, 2.45) is 16.8 Å². The van der Waals surface area contributed by atoms with E-state index in [-0.39, 0.29) is 11.8 Å². The van der Waals surface area contributed by atoms with Gasteiger partial charge in [-0.2, -0.15) is 0 Å². The lowest BCUT2D eigenvalue weighted by Gasteiger charge is -2.31. The number of oxime groups is 1. The zero-order chi connectivity index (χ0) is 15.3. The highest BCUT2D eigenvalue weighted by molar-refractivity contribution is 7.90. The summed E-state index contributed by atoms with van der Waals surface area (Å²) in [4.78, 5) is 0. The number of amidine groups is 1. The number of nitrogens with one attached hydrogen (secondary N) is 1. The molecule has 1 aliphatic carbocycles. The first-order valence-electron chi connectivity index (χ1n) is 7.61. The van der Waals surface area contributed by atoms with Crippen LogP contribution in [0, 0.1) is 5.92 Å². The van der Waals surface area contributed by atoms with E-state index in [1.165, 1.54) is 0 Å². The molecule has 0 bridgehead atoms. The predicted molar refractivity (Wildman–Crippen MR) is 79.7 cm³/mol. The molecule has 0 radical (unpaired) electrons. The number of rotatable bonds is 5. The Kier molecular flexibility index (Phi) is 5.83. The molecule has 0 aromatic carbocycles. The molecule has 8 heteroatoms. The van der Waals surface area contributed by atoms with Crippen LogP contribution in [-0.4, -0.2) is 44.0 Å². The van der Waals surface area contributed by atoms with Gasteiger partial charge in [0.15, 0.2) is 5.84 Å². The van der Waals surface area contributed by atoms with Crippen LogP contribution in [0.3, 0.4) is 0 Å². The third kappa shape index (κ3) is 4.31. The number of nitrogens with zero attached hydrogens (tertiary/aromatic N) is 1. The number of hydrogen-bond acceptors (Lipinski definition) is 5. The van der Waals surface area contributed by atoms with Crippen LogP contribution in [-0.2, 0) is 14.8 Å². The molecule has 1 unspecified atom stereocenters. The summed E-state index contributed by atoms with van der Waals surface area (Å²) in [5.74, 6) is 0.0572. The van der Waals surface area contributed by atoms with Crippen LogP contribution in [0.4, 0.5) is 0 Å². The van der Waals surface area contributed by atoms with Crippen molar-refractivity contribution < 1.29 is 18.4 Å². The Morgan fingerprint density at radius 3 is 2.38 bits per heavy atom. The van der Waals surface area contributed by atoms with E-state index in [0.717, 1.165) is 32.1 Å². The maximum atomic E-state index is 12.5. The summed E-state index contributed by atoms with van der Waals surface area (Å²) in [6.45, 7) is 0.923. The van der Waals surface area contributed by atoms with Crippen LogP contribution in [0.5, 0.6) is 0 Å². The summed E-state index contributed by atoms with van der Waals surface area (Å²) in [6, 6.07) is -0.608. The van der Waals surface area contributed by atoms with Gasteiger partial charge in [-0.1, -0.05) is 24.4 Å². The Balaban J connectivity index is 2.09. The van der Waals surface area contributed by atoms with E-state index in [4.69, 9.17) is 15.7 Å². The average Bonchev–Trinajstić information content (AvgIpc) is 2.53. The van der Waals surface area contributed by atoms with E-state index in [2.05, 4.69) is 9.88 Å². The third-order valence-electron chi connectivity index (χ3n) is 4.45. The lowest BCUT2D eigenvalue weighted by molar-refractivity contribution is 0.0980. The summed E-state index contributed by atoms with van der Waals surface area (Å²) >= 11 is 0. The number of ether oxygens (including phenoxy) is 1. The number of hydrogen-bond donors (Lipinski definition) is 3. The van der Waals surface area contributed by atoms with Crippen LogP contribution in [0.25, 0.3) is 0 Å². The first kappa shape index (κ1) is 16.5. The normalized spacial score (nSPS) is 24.9. The molecule has 1 saturated carbocycles. The predicted octanol–water partition coefficient (Wildman–Crippen LogP) is 0.780. The van der Waals surface area contributed by atoms with Gasteiger partial charge < -0.3 is 15.7 Å². The zero-order valence-electron chi connectivity index (χ0n) is 12.2. The second-order valence-corrected chi connectivity index (χ2v) is 7.87. The summed E-state index contributed by atoms with van der Waals surface area (Å²) in [5.41, 5.74) is 5.73. The molecular formula is C13H25N3O4S. The van der Waals surface area contributed by atoms with Crippen molar-refractivity contribution in [3.05, 3.63) is 0 Å². The largest absolute Gasteiger partial charge is 0.409 e. The minimum absolute atomic E-state index is 0.0439. The maximum absolute atomic E-state index is 12.5. The van der Waals surface area contributed by atoms with E-state index >= 15 is 0 Å². The van der Waals surface area contributed by atoms with Crippen LogP contribution in [0.15, 0.2) is 5.16 Å². The molecule has 2 aliphatic rings. The molecule has 7 nitrogen and oxygen atoms in total. The van der Waals surface area contributed by atoms with Gasteiger partial charge in [0.1, 0.15) is 0 Å². The third-order valence-corrected chi connectivity index (χ3v) is 6.39. The topological polar surface area (TPSA) is 114 Å². The minimum Gasteiger partial charge on any atom is -0.409 e. The molecule has 122 valence electrons. The molecule has 0 amide bonds. The maximum Gasteiger partial charge on any atom is 0.215 e. The lowest BCUT2D eigenvalue weighted by Crippen LogP contribution is -2.52. The van der Waals surface area contributed by atoms with Gasteiger partial charge in [-0.05, 0) is 31.6 Å². The minimum atomic E-state index is -3.49. The van der Waals surface area contributed by atoms with Crippen LogP contribution in [0.2, 0.25) is 0 Å². The quantitative estimate of drug-likeness (QED) is 0.300. The molecule has 21 heavy (non-hydrogen) atoms. The number of sulfonamides is 1. The highest BCUT2D eigenvalue weighted by atomic mass is 32.2. The van der Waals surface area contributed by atoms with Gasteiger partial charge in [0, 0.05) is 13.2 Å². The fourth-order valence-electron chi connectivity index (χ4n) is 3.19. The zero-order valence-corrected chi connectivity index (χ0v) is 13.0. The van der Waals surface area contributed by atoms with Crippen LogP contribution in [0.1, 0.15) is 44.9 Å². The summed E-state index contributed by atoms with van der Waals surface area (Å²) < 4.78 is 32.9. The van der Waals surface area contributed by atoms with E-state index in [1.54, 1.807) is 0 Å². The van der Waals surface area contributed by atoms with Crippen LogP contribution < -0.4 is 10.5 Å². The molecule has 1 aliphatic heterocycles. The van der Waals surface area contributed by atoms with Crippen molar-refractivity contribution in [1.82, 2.24) is 4.72 Å². The van der Waals surface area contributed by atoms with Crippen molar-refractivity contribution in [2.45, 2.75) is 56.2 Å². The molecule has 0 spiro atoms. The van der Waals surface area contributed by atoms with Gasteiger partial charge in [-0.3, -0.25) is 0 Å². The van der Waals surface area contributed by atoms with Crippen molar-refractivity contribution in [2.75, 3.05) is 13.2 Å². The lowest BCUT2D eigenvalue weighted by atomic mass is 9.84. The molecule has 2 rings (SSSR count). The Hall–Kier alpha value is -0.860. The highest BCUT2D eigenvalue weighted by Gasteiger charge is 2.35. The summed E-state index contributed by atoms with van der Waals surface area (Å²) in [5, 5.41) is 11.5. The van der Waals surface area contributed by atoms with Gasteiger partial charge in [-0.15, -0.1) is 0 Å². The SMILES string of the molecule is NC(=NO)C(NS(=O)(=O)C1CCOCC1)C1CCCCC1. The van der Waals surface area contributed by atoms with Gasteiger partial charge >= 0.3 is 0 Å². The van der Waals surface area contributed by atoms with Gasteiger partial charge in [0.2, 0.25) is 10.0 Å². The Bertz CT molecular complexity index is 454. The molecule has 0 aromatic heterocycles. The molecule has 4 N–H and O–H groups in total. The molecule has 1 heterocycles. The van der Waals surface area contributed by atoms with Crippen molar-refractivity contribution >= 4 is 15.9 Å². The van der Waals surface area contributed by atoms with Gasteiger partial charge in [0.05, 0.1) is 11.3 Å². The van der Waals surface area contributed by atoms with E-state index < -0.39 is 21.3 Å². The van der Waals surface area contributed by atoms with Gasteiger partial charge in [-0.25, -0.2) is 13.1 Å². The summed E-state index contributed by atoms with van der Waals surface area (Å²) in [7, 11) is -3.49. The van der Waals surface area contributed by atoms with Gasteiger partial charge in [0.25, 0.3) is 0 Å².